The van der Waals surface area contributed by atoms with Crippen LogP contribution >= 0.6 is 23.5 Å². The predicted octanol–water partition coefficient (Wildman–Crippen LogP) is 3.03. The van der Waals surface area contributed by atoms with E-state index in [4.69, 9.17) is 4.74 Å². The zero-order valence-corrected chi connectivity index (χ0v) is 11.1. The van der Waals surface area contributed by atoms with E-state index in [0.717, 1.165) is 15.7 Å². The number of amides is 1. The first-order chi connectivity index (χ1) is 8.22. The second-order valence-electron chi connectivity index (χ2n) is 3.27. The SMILES string of the molecule is COc1ccc(/C=C2\SC(SC)=NC2=O)cc1. The number of rotatable bonds is 2. The first-order valence-electron chi connectivity index (χ1n) is 4.93. The van der Waals surface area contributed by atoms with Crippen molar-refractivity contribution < 1.29 is 9.53 Å². The highest BCUT2D eigenvalue weighted by Crippen LogP contribution is 2.32. The number of nitrogens with zero attached hydrogens (tertiary/aromatic N) is 1. The molecule has 0 atom stereocenters. The van der Waals surface area contributed by atoms with Crippen LogP contribution in [0.25, 0.3) is 6.08 Å². The molecular weight excluding hydrogens is 254 g/mol. The van der Waals surface area contributed by atoms with Gasteiger partial charge < -0.3 is 4.74 Å². The highest BCUT2D eigenvalue weighted by atomic mass is 32.2. The van der Waals surface area contributed by atoms with Crippen molar-refractivity contribution in [1.82, 2.24) is 0 Å². The molecule has 1 amide bonds. The minimum absolute atomic E-state index is 0.157. The summed E-state index contributed by atoms with van der Waals surface area (Å²) >= 11 is 2.90. The van der Waals surface area contributed by atoms with Crippen molar-refractivity contribution in [3.8, 4) is 5.75 Å². The van der Waals surface area contributed by atoms with Crippen LogP contribution in [0.15, 0.2) is 34.2 Å². The molecule has 1 aliphatic heterocycles. The normalized spacial score (nSPS) is 17.4. The number of benzene rings is 1. The molecule has 0 fully saturated rings. The van der Waals surface area contributed by atoms with E-state index in [0.29, 0.717) is 4.91 Å². The second kappa shape index (κ2) is 5.42. The predicted molar refractivity (Wildman–Crippen MR) is 74.5 cm³/mol. The van der Waals surface area contributed by atoms with E-state index >= 15 is 0 Å². The minimum atomic E-state index is -0.157. The van der Waals surface area contributed by atoms with Crippen LogP contribution in [0, 0.1) is 0 Å². The molecule has 0 spiro atoms. The Morgan fingerprint density at radius 1 is 1.35 bits per heavy atom. The number of hydrogen-bond acceptors (Lipinski definition) is 4. The lowest BCUT2D eigenvalue weighted by Crippen LogP contribution is -1.88. The Morgan fingerprint density at radius 3 is 2.59 bits per heavy atom. The first kappa shape index (κ1) is 12.3. The van der Waals surface area contributed by atoms with E-state index < -0.39 is 0 Å². The molecule has 1 aromatic rings. The van der Waals surface area contributed by atoms with Gasteiger partial charge in [0, 0.05) is 0 Å². The fourth-order valence-electron chi connectivity index (χ4n) is 1.33. The van der Waals surface area contributed by atoms with Gasteiger partial charge in [-0.3, -0.25) is 4.79 Å². The van der Waals surface area contributed by atoms with E-state index in [1.165, 1.54) is 23.5 Å². The number of methoxy groups -OCH3 is 1. The Morgan fingerprint density at radius 2 is 2.06 bits per heavy atom. The molecule has 0 N–H and O–H groups in total. The maximum absolute atomic E-state index is 11.6. The van der Waals surface area contributed by atoms with E-state index in [1.54, 1.807) is 7.11 Å². The molecule has 0 aliphatic carbocycles. The maximum Gasteiger partial charge on any atom is 0.285 e. The van der Waals surface area contributed by atoms with E-state index in [9.17, 15) is 4.79 Å². The van der Waals surface area contributed by atoms with Crippen molar-refractivity contribution in [1.29, 1.82) is 0 Å². The fourth-order valence-corrected chi connectivity index (χ4v) is 2.75. The number of hydrogen-bond donors (Lipinski definition) is 0. The molecule has 0 radical (unpaired) electrons. The largest absolute Gasteiger partial charge is 0.497 e. The third kappa shape index (κ3) is 2.92. The van der Waals surface area contributed by atoms with Gasteiger partial charge in [0.1, 0.15) is 10.1 Å². The average molecular weight is 265 g/mol. The molecule has 1 heterocycles. The monoisotopic (exact) mass is 265 g/mol. The smallest absolute Gasteiger partial charge is 0.285 e. The molecule has 2 rings (SSSR count). The molecular formula is C12H11NO2S2. The zero-order valence-electron chi connectivity index (χ0n) is 9.47. The molecule has 5 heteroatoms. The second-order valence-corrected chi connectivity index (χ2v) is 5.35. The van der Waals surface area contributed by atoms with Gasteiger partial charge >= 0.3 is 0 Å². The average Bonchev–Trinajstić information content (AvgIpc) is 2.71. The Hall–Kier alpha value is -1.20. The lowest BCUT2D eigenvalue weighted by molar-refractivity contribution is -0.113. The van der Waals surface area contributed by atoms with E-state index in [1.807, 2.05) is 36.6 Å². The molecule has 0 aromatic heterocycles. The van der Waals surface area contributed by atoms with Crippen LogP contribution in [-0.2, 0) is 4.79 Å². The summed E-state index contributed by atoms with van der Waals surface area (Å²) in [5.74, 6) is 0.647. The summed E-state index contributed by atoms with van der Waals surface area (Å²) in [6.45, 7) is 0. The Balaban J connectivity index is 2.17. The van der Waals surface area contributed by atoms with Gasteiger partial charge in [0.2, 0.25) is 0 Å². The van der Waals surface area contributed by atoms with Gasteiger partial charge in [0.15, 0.2) is 0 Å². The van der Waals surface area contributed by atoms with Crippen LogP contribution in [0.1, 0.15) is 5.56 Å². The lowest BCUT2D eigenvalue weighted by Gasteiger charge is -2.00. The molecule has 0 bridgehead atoms. The summed E-state index contributed by atoms with van der Waals surface area (Å²) in [5.41, 5.74) is 0.971. The molecule has 17 heavy (non-hydrogen) atoms. The fraction of sp³-hybridized carbons (Fsp3) is 0.167. The van der Waals surface area contributed by atoms with Gasteiger partial charge in [-0.15, -0.1) is 11.8 Å². The van der Waals surface area contributed by atoms with Gasteiger partial charge in [0.05, 0.1) is 12.0 Å². The maximum atomic E-state index is 11.6. The molecule has 1 aromatic carbocycles. The highest BCUT2D eigenvalue weighted by molar-refractivity contribution is 8.40. The number of thioether (sulfide) groups is 2. The lowest BCUT2D eigenvalue weighted by atomic mass is 10.2. The summed E-state index contributed by atoms with van der Waals surface area (Å²) in [6, 6.07) is 7.56. The molecule has 0 saturated heterocycles. The van der Waals surface area contributed by atoms with Gasteiger partial charge in [-0.2, -0.15) is 4.99 Å². The van der Waals surface area contributed by atoms with E-state index in [-0.39, 0.29) is 5.91 Å². The summed E-state index contributed by atoms with van der Waals surface area (Å²) in [5, 5.41) is 0. The third-order valence-electron chi connectivity index (χ3n) is 2.19. The third-order valence-corrected chi connectivity index (χ3v) is 4.16. The quantitative estimate of drug-likeness (QED) is 0.770. The summed E-state index contributed by atoms with van der Waals surface area (Å²) in [7, 11) is 1.63. The zero-order chi connectivity index (χ0) is 12.3. The van der Waals surface area contributed by atoms with Crippen molar-refractivity contribution in [2.45, 2.75) is 0 Å². The molecule has 88 valence electrons. The Bertz CT molecular complexity index is 492. The number of carbonyl (C=O) groups excluding carboxylic acids is 1. The number of aliphatic imine (C=N–C) groups is 1. The number of carbonyl (C=O) groups is 1. The summed E-state index contributed by atoms with van der Waals surface area (Å²) in [4.78, 5) is 16.2. The van der Waals surface area contributed by atoms with Crippen molar-refractivity contribution in [3.05, 3.63) is 34.7 Å². The first-order valence-corrected chi connectivity index (χ1v) is 6.97. The molecule has 3 nitrogen and oxygen atoms in total. The van der Waals surface area contributed by atoms with Gasteiger partial charge in [-0.05, 0) is 30.0 Å². The van der Waals surface area contributed by atoms with Crippen molar-refractivity contribution in [2.24, 2.45) is 4.99 Å². The summed E-state index contributed by atoms with van der Waals surface area (Å²) < 4.78 is 5.88. The molecule has 0 saturated carbocycles. The van der Waals surface area contributed by atoms with Crippen LogP contribution < -0.4 is 4.74 Å². The standard InChI is InChI=1S/C12H11NO2S2/c1-15-9-5-3-8(4-6-9)7-10-11(14)13-12(16-2)17-10/h3-7H,1-2H3/b10-7-. The van der Waals surface area contributed by atoms with Crippen LogP contribution in [0.5, 0.6) is 5.75 Å². The van der Waals surface area contributed by atoms with Crippen molar-refractivity contribution in [3.63, 3.8) is 0 Å². The van der Waals surface area contributed by atoms with Gasteiger partial charge in [0.25, 0.3) is 5.91 Å². The summed E-state index contributed by atoms with van der Waals surface area (Å²) in [6.07, 6.45) is 3.76. The molecule has 1 aliphatic rings. The Kier molecular flexibility index (Phi) is 3.91. The van der Waals surface area contributed by atoms with Gasteiger partial charge in [-0.25, -0.2) is 0 Å². The molecule has 0 unspecified atom stereocenters. The Labute approximate surface area is 108 Å². The minimum Gasteiger partial charge on any atom is -0.497 e. The van der Waals surface area contributed by atoms with Crippen LogP contribution in [0.4, 0.5) is 0 Å². The van der Waals surface area contributed by atoms with Crippen LogP contribution in [0.2, 0.25) is 0 Å². The van der Waals surface area contributed by atoms with E-state index in [2.05, 4.69) is 4.99 Å². The van der Waals surface area contributed by atoms with Crippen molar-refractivity contribution >= 4 is 39.9 Å². The van der Waals surface area contributed by atoms with Crippen LogP contribution in [0.3, 0.4) is 0 Å². The topological polar surface area (TPSA) is 38.7 Å². The number of ether oxygens (including phenoxy) is 1. The van der Waals surface area contributed by atoms with Gasteiger partial charge in [-0.1, -0.05) is 23.9 Å². The van der Waals surface area contributed by atoms with Crippen LogP contribution in [-0.4, -0.2) is 23.6 Å². The highest BCUT2D eigenvalue weighted by Gasteiger charge is 2.20. The van der Waals surface area contributed by atoms with Crippen molar-refractivity contribution in [2.75, 3.05) is 13.4 Å².